The second kappa shape index (κ2) is 6.68. The summed E-state index contributed by atoms with van der Waals surface area (Å²) in [5, 5.41) is 2.00. The van der Waals surface area contributed by atoms with E-state index in [0.717, 1.165) is 5.69 Å². The molecule has 0 amide bonds. The zero-order valence-corrected chi connectivity index (χ0v) is 12.8. The summed E-state index contributed by atoms with van der Waals surface area (Å²) in [5.74, 6) is -0.273. The Labute approximate surface area is 125 Å². The summed E-state index contributed by atoms with van der Waals surface area (Å²) in [6.07, 6.45) is 3.99. The summed E-state index contributed by atoms with van der Waals surface area (Å²) in [6.45, 7) is 0. The Kier molecular flexibility index (Phi) is 4.91. The highest BCUT2D eigenvalue weighted by Gasteiger charge is 2.17. The average molecular weight is 330 g/mol. The van der Waals surface area contributed by atoms with E-state index in [-0.39, 0.29) is 16.1 Å². The first-order chi connectivity index (χ1) is 10.0. The zero-order valence-electron chi connectivity index (χ0n) is 11.2. The highest BCUT2D eigenvalue weighted by molar-refractivity contribution is 7.92. The molecule has 0 saturated carbocycles. The number of aryl methyl sites for hydroxylation is 1. The van der Waals surface area contributed by atoms with Gasteiger partial charge in [-0.15, -0.1) is 11.3 Å². The summed E-state index contributed by atoms with van der Waals surface area (Å²) in [4.78, 5) is 21.3. The Morgan fingerprint density at radius 1 is 1.52 bits per heavy atom. The molecule has 0 atom stereocenters. The van der Waals surface area contributed by atoms with Gasteiger partial charge in [-0.1, -0.05) is 0 Å². The van der Waals surface area contributed by atoms with Crippen LogP contribution in [0.3, 0.4) is 0 Å². The number of thiazole rings is 1. The number of aromatic nitrogens is 3. The maximum Gasteiger partial charge on any atom is 0.305 e. The average Bonchev–Trinajstić information content (AvgIpc) is 3.09. The largest absolute Gasteiger partial charge is 0.469 e. The van der Waals surface area contributed by atoms with Gasteiger partial charge in [0.15, 0.2) is 10.2 Å². The van der Waals surface area contributed by atoms with Gasteiger partial charge < -0.3 is 9.72 Å². The first-order valence-electron chi connectivity index (χ1n) is 6.03. The Hall–Kier alpha value is -1.94. The van der Waals surface area contributed by atoms with E-state index in [1.165, 1.54) is 31.0 Å². The highest BCUT2D eigenvalue weighted by Crippen LogP contribution is 2.20. The van der Waals surface area contributed by atoms with E-state index in [1.807, 2.05) is 0 Å². The Morgan fingerprint density at radius 2 is 2.33 bits per heavy atom. The van der Waals surface area contributed by atoms with Crippen molar-refractivity contribution in [2.75, 3.05) is 11.8 Å². The van der Waals surface area contributed by atoms with Gasteiger partial charge in [0.25, 0.3) is 10.0 Å². The number of carbonyl (C=O) groups excluding carboxylic acids is 1. The number of sulfonamides is 1. The van der Waals surface area contributed by atoms with Crippen LogP contribution in [0, 0.1) is 0 Å². The fourth-order valence-corrected chi connectivity index (χ4v) is 3.45. The van der Waals surface area contributed by atoms with E-state index in [0.29, 0.717) is 19.3 Å². The van der Waals surface area contributed by atoms with E-state index in [2.05, 4.69) is 24.4 Å². The Morgan fingerprint density at radius 3 is 3.00 bits per heavy atom. The molecule has 8 nitrogen and oxygen atoms in total. The van der Waals surface area contributed by atoms with Gasteiger partial charge in [0.1, 0.15) is 0 Å². The molecule has 0 unspecified atom stereocenters. The number of ether oxygens (including phenoxy) is 1. The normalized spacial score (nSPS) is 11.3. The molecule has 0 aliphatic rings. The summed E-state index contributed by atoms with van der Waals surface area (Å²) < 4.78 is 30.8. The number of nitrogens with one attached hydrogen (secondary N) is 2. The number of aromatic amines is 1. The molecule has 0 radical (unpaired) electrons. The molecule has 21 heavy (non-hydrogen) atoms. The first-order valence-corrected chi connectivity index (χ1v) is 8.40. The number of hydrogen-bond acceptors (Lipinski definition) is 7. The lowest BCUT2D eigenvalue weighted by molar-refractivity contribution is -0.140. The number of carbonyl (C=O) groups is 1. The SMILES string of the molecule is COC(=O)CCCc1csc(NS(=O)(=O)c2cnc[nH]2)n1. The highest BCUT2D eigenvalue weighted by atomic mass is 32.2. The standard InChI is InChI=1S/C11H14N4O4S2/c1-19-10(16)4-2-3-8-6-20-11(14-8)15-21(17,18)9-5-12-7-13-9/h5-7H,2-4H2,1H3,(H,12,13)(H,14,15). The van der Waals surface area contributed by atoms with Crippen molar-refractivity contribution in [1.29, 1.82) is 0 Å². The van der Waals surface area contributed by atoms with Crippen LogP contribution in [0.1, 0.15) is 18.5 Å². The maximum absolute atomic E-state index is 11.9. The van der Waals surface area contributed by atoms with Gasteiger partial charge in [-0.25, -0.2) is 9.97 Å². The molecule has 2 aromatic rings. The molecule has 2 aromatic heterocycles. The minimum atomic E-state index is -3.69. The number of imidazole rings is 1. The molecule has 2 heterocycles. The van der Waals surface area contributed by atoms with E-state index in [1.54, 1.807) is 5.38 Å². The first kappa shape index (κ1) is 15.4. The molecule has 114 valence electrons. The monoisotopic (exact) mass is 330 g/mol. The fraction of sp³-hybridized carbons (Fsp3) is 0.364. The lowest BCUT2D eigenvalue weighted by Gasteiger charge is -2.01. The molecular formula is C11H14N4O4S2. The topological polar surface area (TPSA) is 114 Å². The molecule has 0 fully saturated rings. The molecule has 0 saturated heterocycles. The van der Waals surface area contributed by atoms with Crippen molar-refractivity contribution in [3.63, 3.8) is 0 Å². The molecule has 0 aliphatic heterocycles. The molecule has 0 aliphatic carbocycles. The number of nitrogens with zero attached hydrogens (tertiary/aromatic N) is 2. The van der Waals surface area contributed by atoms with E-state index >= 15 is 0 Å². The number of H-pyrrole nitrogens is 1. The van der Waals surface area contributed by atoms with Crippen LogP contribution in [0.15, 0.2) is 22.9 Å². The molecule has 0 aromatic carbocycles. The third kappa shape index (κ3) is 4.26. The number of rotatable bonds is 7. The third-order valence-electron chi connectivity index (χ3n) is 2.58. The van der Waals surface area contributed by atoms with Crippen molar-refractivity contribution < 1.29 is 17.9 Å². The van der Waals surface area contributed by atoms with Gasteiger partial charge in [0.05, 0.1) is 25.3 Å². The number of anilines is 1. The van der Waals surface area contributed by atoms with Gasteiger partial charge in [-0.3, -0.25) is 9.52 Å². The van der Waals surface area contributed by atoms with Crippen LogP contribution in [-0.2, 0) is 26.0 Å². The van der Waals surface area contributed by atoms with Gasteiger partial charge >= 0.3 is 5.97 Å². The van der Waals surface area contributed by atoms with Crippen LogP contribution in [0.5, 0.6) is 0 Å². The maximum atomic E-state index is 11.9. The van der Waals surface area contributed by atoms with Crippen molar-refractivity contribution in [3.8, 4) is 0 Å². The van der Waals surface area contributed by atoms with Crippen LogP contribution < -0.4 is 4.72 Å². The molecular weight excluding hydrogens is 316 g/mol. The molecule has 10 heteroatoms. The smallest absolute Gasteiger partial charge is 0.305 e. The van der Waals surface area contributed by atoms with Crippen LogP contribution in [0.25, 0.3) is 0 Å². The van der Waals surface area contributed by atoms with Crippen molar-refractivity contribution in [2.24, 2.45) is 0 Å². The van der Waals surface area contributed by atoms with Crippen LogP contribution in [-0.4, -0.2) is 36.4 Å². The number of esters is 1. The third-order valence-corrected chi connectivity index (χ3v) is 4.78. The van der Waals surface area contributed by atoms with Crippen LogP contribution >= 0.6 is 11.3 Å². The summed E-state index contributed by atoms with van der Waals surface area (Å²) in [6, 6.07) is 0. The van der Waals surface area contributed by atoms with E-state index < -0.39 is 10.0 Å². The fourth-order valence-electron chi connectivity index (χ4n) is 1.54. The second-order valence-corrected chi connectivity index (χ2v) is 6.60. The number of methoxy groups -OCH3 is 1. The lowest BCUT2D eigenvalue weighted by atomic mass is 10.2. The van der Waals surface area contributed by atoms with Gasteiger partial charge in [-0.2, -0.15) is 8.42 Å². The zero-order chi connectivity index (χ0) is 15.3. The Balaban J connectivity index is 1.93. The Bertz CT molecular complexity index is 694. The lowest BCUT2D eigenvalue weighted by Crippen LogP contribution is -2.13. The van der Waals surface area contributed by atoms with Crippen LogP contribution in [0.2, 0.25) is 0 Å². The minimum Gasteiger partial charge on any atom is -0.469 e. The summed E-state index contributed by atoms with van der Waals surface area (Å²) >= 11 is 1.19. The molecule has 2 rings (SSSR count). The molecule has 0 spiro atoms. The predicted octanol–water partition coefficient (Wildman–Crippen LogP) is 1.16. The van der Waals surface area contributed by atoms with E-state index in [4.69, 9.17) is 0 Å². The van der Waals surface area contributed by atoms with Crippen LogP contribution in [0.4, 0.5) is 5.13 Å². The minimum absolute atomic E-state index is 0.0232. The summed E-state index contributed by atoms with van der Waals surface area (Å²) in [7, 11) is -2.35. The second-order valence-electron chi connectivity index (χ2n) is 4.10. The van der Waals surface area contributed by atoms with Crippen molar-refractivity contribution in [1.82, 2.24) is 15.0 Å². The van der Waals surface area contributed by atoms with E-state index in [9.17, 15) is 13.2 Å². The van der Waals surface area contributed by atoms with Gasteiger partial charge in [0, 0.05) is 11.8 Å². The summed E-state index contributed by atoms with van der Waals surface area (Å²) in [5.41, 5.74) is 0.728. The van der Waals surface area contributed by atoms with Crippen molar-refractivity contribution in [2.45, 2.75) is 24.3 Å². The quantitative estimate of drug-likeness (QED) is 0.736. The number of hydrogen-bond donors (Lipinski definition) is 2. The molecule has 0 bridgehead atoms. The van der Waals surface area contributed by atoms with Crippen molar-refractivity contribution in [3.05, 3.63) is 23.6 Å². The van der Waals surface area contributed by atoms with Crippen molar-refractivity contribution >= 4 is 32.5 Å². The van der Waals surface area contributed by atoms with Gasteiger partial charge in [-0.05, 0) is 12.8 Å². The predicted molar refractivity (Wildman–Crippen MR) is 76.5 cm³/mol. The molecule has 2 N–H and O–H groups in total. The van der Waals surface area contributed by atoms with Gasteiger partial charge in [0.2, 0.25) is 0 Å².